The van der Waals surface area contributed by atoms with E-state index < -0.39 is 22.3 Å². The number of hydrogen-bond acceptors (Lipinski definition) is 5. The summed E-state index contributed by atoms with van der Waals surface area (Å²) in [6, 6.07) is 0. The highest BCUT2D eigenvalue weighted by molar-refractivity contribution is 9.09. The number of hydrogen-bond donors (Lipinski definition) is 0. The van der Waals surface area contributed by atoms with Gasteiger partial charge in [0.05, 0.1) is 18.6 Å². The molecule has 0 N–H and O–H groups in total. The van der Waals surface area contributed by atoms with Gasteiger partial charge in [0.1, 0.15) is 0 Å². The molecule has 0 aliphatic carbocycles. The minimum Gasteiger partial charge on any atom is -0.465 e. The van der Waals surface area contributed by atoms with E-state index in [0.29, 0.717) is 26.2 Å². The minimum absolute atomic E-state index is 0.162. The van der Waals surface area contributed by atoms with Crippen molar-refractivity contribution in [3.05, 3.63) is 24.3 Å². The minimum atomic E-state index is -1.79. The Labute approximate surface area is 366 Å². The number of carbonyl (C=O) groups is 1. The van der Waals surface area contributed by atoms with Gasteiger partial charge in [-0.1, -0.05) is 182 Å². The lowest BCUT2D eigenvalue weighted by atomic mass is 9.89. The summed E-state index contributed by atoms with van der Waals surface area (Å²) in [5, 5.41) is 1.06. The zero-order valence-corrected chi connectivity index (χ0v) is 41.3. The Kier molecular flexibility index (Phi) is 42.1. The van der Waals surface area contributed by atoms with Crippen LogP contribution in [0.1, 0.15) is 240 Å². The van der Waals surface area contributed by atoms with Crippen molar-refractivity contribution < 1.29 is 22.6 Å². The molecule has 0 fully saturated rings. The molecule has 340 valence electrons. The molecule has 0 aliphatic rings. The third-order valence-corrected chi connectivity index (χ3v) is 12.8. The van der Waals surface area contributed by atoms with Crippen LogP contribution in [0.25, 0.3) is 0 Å². The monoisotopic (exact) mass is 889 g/mol. The van der Waals surface area contributed by atoms with Gasteiger partial charge >= 0.3 is 5.97 Å². The third-order valence-electron chi connectivity index (χ3n) is 10.8. The van der Waals surface area contributed by atoms with E-state index in [-0.39, 0.29) is 5.97 Å². The molecule has 0 rings (SSSR count). The molecule has 0 bridgehead atoms. The number of rotatable bonds is 45. The lowest BCUT2D eigenvalue weighted by molar-refractivity contribution is -0.162. The van der Waals surface area contributed by atoms with Gasteiger partial charge in [0.15, 0.2) is 6.29 Å². The number of unbranched alkanes of at least 4 members (excludes halogenated alkanes) is 27. The molecule has 1 atom stereocenters. The average molecular weight is 890 g/mol. The average Bonchev–Trinajstić information content (AvgIpc) is 3.18. The molecule has 0 aromatic carbocycles. The van der Waals surface area contributed by atoms with Crippen LogP contribution in [0.4, 0.5) is 0 Å². The first-order valence-electron chi connectivity index (χ1n) is 24.4. The molecular weight excluding hydrogens is 793 g/mol. The van der Waals surface area contributed by atoms with Crippen LogP contribution < -0.4 is 0 Å². The zero-order chi connectivity index (χ0) is 42.0. The number of alkyl halides is 1. The normalized spacial score (nSPS) is 13.3. The van der Waals surface area contributed by atoms with E-state index in [9.17, 15) is 4.79 Å². The van der Waals surface area contributed by atoms with E-state index in [2.05, 4.69) is 54.1 Å². The Morgan fingerprint density at radius 3 is 1.33 bits per heavy atom. The fourth-order valence-electron chi connectivity index (χ4n) is 6.99. The Hall–Kier alpha value is -0.340. The van der Waals surface area contributed by atoms with E-state index in [1.165, 1.54) is 167 Å². The molecule has 0 saturated carbocycles. The van der Waals surface area contributed by atoms with Gasteiger partial charge in [0.25, 0.3) is 0 Å². The highest BCUT2D eigenvalue weighted by Crippen LogP contribution is 2.46. The van der Waals surface area contributed by atoms with E-state index >= 15 is 0 Å². The van der Waals surface area contributed by atoms with Crippen LogP contribution in [-0.4, -0.2) is 49.9 Å². The topological polar surface area (TPSA) is 54.0 Å². The summed E-state index contributed by atoms with van der Waals surface area (Å²) in [6.07, 6.45) is 53.9. The Balaban J connectivity index is 4.45. The van der Waals surface area contributed by atoms with Gasteiger partial charge in [0.2, 0.25) is 0 Å². The van der Waals surface area contributed by atoms with Gasteiger partial charge in [0, 0.05) is 30.9 Å². The van der Waals surface area contributed by atoms with Gasteiger partial charge in [-0.25, -0.2) is 0 Å². The standard InChI is InChI=1S/C50H97BrO5S/c1-7-9-11-13-15-17-19-21-23-25-27-29-31-33-36-40-44-53-48(56-57(5,6)55-46-42-38-35-39-43-51)47-50(3,4)49(52)54-45-41-37-34-32-30-28-26-24-22-20-18-16-14-12-10-8-2/h21-24,48H,7-20,25-47H2,1-6H3/b23-21-,24-22-. The van der Waals surface area contributed by atoms with Crippen molar-refractivity contribution in [1.29, 1.82) is 0 Å². The number of allylic oxidation sites excluding steroid dienone is 4. The summed E-state index contributed by atoms with van der Waals surface area (Å²) in [7, 11) is -1.79. The molecule has 7 heteroatoms. The second-order valence-corrected chi connectivity index (χ2v) is 21.1. The van der Waals surface area contributed by atoms with Crippen LogP contribution in [0.2, 0.25) is 0 Å². The van der Waals surface area contributed by atoms with Crippen molar-refractivity contribution in [3.63, 3.8) is 0 Å². The van der Waals surface area contributed by atoms with Crippen LogP contribution in [-0.2, 0) is 22.6 Å². The quantitative estimate of drug-likeness (QED) is 0.0200. The molecule has 0 aliphatic heterocycles. The molecule has 0 spiro atoms. The molecule has 57 heavy (non-hydrogen) atoms. The Morgan fingerprint density at radius 1 is 0.526 bits per heavy atom. The summed E-state index contributed by atoms with van der Waals surface area (Å²) in [5.41, 5.74) is -0.707. The number of halogens is 1. The molecule has 0 aromatic heterocycles. The summed E-state index contributed by atoms with van der Waals surface area (Å²) in [5.74, 6) is -0.162. The van der Waals surface area contributed by atoms with Crippen molar-refractivity contribution in [2.24, 2.45) is 5.41 Å². The van der Waals surface area contributed by atoms with Crippen LogP contribution in [0.15, 0.2) is 24.3 Å². The zero-order valence-electron chi connectivity index (χ0n) is 38.9. The van der Waals surface area contributed by atoms with Crippen LogP contribution in [0.3, 0.4) is 0 Å². The lowest BCUT2D eigenvalue weighted by Crippen LogP contribution is -2.34. The van der Waals surface area contributed by atoms with Gasteiger partial charge in [-0.05, 0) is 90.9 Å². The predicted octanol–water partition coefficient (Wildman–Crippen LogP) is 17.2. The fourth-order valence-corrected chi connectivity index (χ4v) is 8.60. The van der Waals surface area contributed by atoms with E-state index in [0.717, 1.165) is 43.9 Å². The highest BCUT2D eigenvalue weighted by atomic mass is 79.9. The maximum atomic E-state index is 13.3. The molecule has 0 aromatic rings. The highest BCUT2D eigenvalue weighted by Gasteiger charge is 2.35. The second-order valence-electron chi connectivity index (χ2n) is 17.6. The predicted molar refractivity (Wildman–Crippen MR) is 257 cm³/mol. The summed E-state index contributed by atoms with van der Waals surface area (Å²) >= 11 is 3.52. The van der Waals surface area contributed by atoms with Crippen molar-refractivity contribution in [2.75, 3.05) is 37.7 Å². The van der Waals surface area contributed by atoms with Gasteiger partial charge in [-0.15, -0.1) is 0 Å². The van der Waals surface area contributed by atoms with Crippen molar-refractivity contribution in [3.8, 4) is 0 Å². The van der Waals surface area contributed by atoms with Crippen molar-refractivity contribution >= 4 is 32.5 Å². The molecule has 0 amide bonds. The SMILES string of the molecule is CCCCCCCC/C=C\CCCCCCCCOC(=O)C(C)(C)CC(OCCCCCCCC/C=C\CCCCCCCC)OS(C)(C)OCCCCCCBr. The van der Waals surface area contributed by atoms with E-state index in [1.807, 2.05) is 26.4 Å². The summed E-state index contributed by atoms with van der Waals surface area (Å²) in [6.45, 7) is 10.3. The van der Waals surface area contributed by atoms with Gasteiger partial charge < -0.3 is 9.47 Å². The van der Waals surface area contributed by atoms with Crippen LogP contribution in [0.5, 0.6) is 0 Å². The van der Waals surface area contributed by atoms with E-state index in [1.54, 1.807) is 0 Å². The number of carbonyl (C=O) groups excluding carboxylic acids is 1. The summed E-state index contributed by atoms with van der Waals surface area (Å²) < 4.78 is 25.0. The maximum absolute atomic E-state index is 13.3. The van der Waals surface area contributed by atoms with Crippen molar-refractivity contribution in [2.45, 2.75) is 246 Å². The van der Waals surface area contributed by atoms with Gasteiger partial charge in [-0.2, -0.15) is 10.6 Å². The number of ether oxygens (including phenoxy) is 2. The molecule has 0 heterocycles. The fraction of sp³-hybridized carbons (Fsp3) is 0.900. The van der Waals surface area contributed by atoms with Crippen molar-refractivity contribution in [1.82, 2.24) is 0 Å². The number of esters is 1. The first-order valence-corrected chi connectivity index (χ1v) is 27.8. The second kappa shape index (κ2) is 42.4. The third kappa shape index (κ3) is 40.8. The van der Waals surface area contributed by atoms with Gasteiger partial charge in [-0.3, -0.25) is 13.2 Å². The molecular formula is C50H97BrO5S. The maximum Gasteiger partial charge on any atom is 0.311 e. The molecule has 0 radical (unpaired) electrons. The van der Waals surface area contributed by atoms with Crippen LogP contribution in [0, 0.1) is 5.41 Å². The van der Waals surface area contributed by atoms with Crippen LogP contribution >= 0.6 is 26.5 Å². The Bertz CT molecular complexity index is 907. The smallest absolute Gasteiger partial charge is 0.311 e. The first-order chi connectivity index (χ1) is 27.7. The van der Waals surface area contributed by atoms with E-state index in [4.69, 9.17) is 17.8 Å². The lowest BCUT2D eigenvalue weighted by Gasteiger charge is -2.40. The largest absolute Gasteiger partial charge is 0.465 e. The molecule has 0 saturated heterocycles. The summed E-state index contributed by atoms with van der Waals surface area (Å²) in [4.78, 5) is 13.3. The first kappa shape index (κ1) is 56.7. The Morgan fingerprint density at radius 2 is 0.895 bits per heavy atom. The molecule has 5 nitrogen and oxygen atoms in total. The molecule has 1 unspecified atom stereocenters.